The smallest absolute Gasteiger partial charge is 0.102 e. The van der Waals surface area contributed by atoms with Crippen molar-refractivity contribution in [3.63, 3.8) is 0 Å². The molecule has 0 spiro atoms. The molecule has 2 aromatic carbocycles. The molecule has 3 rings (SSSR count). The van der Waals surface area contributed by atoms with Gasteiger partial charge in [-0.25, -0.2) is 0 Å². The van der Waals surface area contributed by atoms with E-state index in [1.807, 2.05) is 48.5 Å². The number of nitrogens with one attached hydrogen (secondary N) is 1. The zero-order valence-corrected chi connectivity index (χ0v) is 10.9. The molecule has 0 aliphatic heterocycles. The van der Waals surface area contributed by atoms with Gasteiger partial charge in [0.2, 0.25) is 0 Å². The molecular formula is C16H11ClN2. The van der Waals surface area contributed by atoms with Crippen molar-refractivity contribution in [1.29, 1.82) is 5.26 Å². The lowest BCUT2D eigenvalue weighted by Gasteiger charge is -2.00. The first-order valence-corrected chi connectivity index (χ1v) is 6.40. The average molecular weight is 267 g/mol. The highest BCUT2D eigenvalue weighted by Crippen LogP contribution is 2.23. The van der Waals surface area contributed by atoms with Gasteiger partial charge in [0.05, 0.1) is 5.56 Å². The van der Waals surface area contributed by atoms with E-state index in [0.717, 1.165) is 32.7 Å². The van der Waals surface area contributed by atoms with Crippen LogP contribution in [0.5, 0.6) is 0 Å². The molecule has 3 heteroatoms. The number of aromatic amines is 1. The molecule has 0 saturated carbocycles. The van der Waals surface area contributed by atoms with E-state index in [2.05, 4.69) is 11.1 Å². The summed E-state index contributed by atoms with van der Waals surface area (Å²) in [6.45, 7) is 0. The minimum Gasteiger partial charge on any atom is -0.357 e. The van der Waals surface area contributed by atoms with Crippen LogP contribution in [-0.4, -0.2) is 4.98 Å². The van der Waals surface area contributed by atoms with Crippen molar-refractivity contribution in [2.75, 3.05) is 0 Å². The summed E-state index contributed by atoms with van der Waals surface area (Å²) in [7, 11) is 0. The summed E-state index contributed by atoms with van der Waals surface area (Å²) in [4.78, 5) is 3.32. The Hall–Kier alpha value is -2.24. The van der Waals surface area contributed by atoms with Crippen molar-refractivity contribution in [2.45, 2.75) is 6.42 Å². The van der Waals surface area contributed by atoms with E-state index in [4.69, 9.17) is 11.6 Å². The zero-order valence-electron chi connectivity index (χ0n) is 10.2. The molecule has 0 saturated heterocycles. The van der Waals surface area contributed by atoms with E-state index in [0.29, 0.717) is 6.42 Å². The molecule has 2 nitrogen and oxygen atoms in total. The van der Waals surface area contributed by atoms with E-state index < -0.39 is 0 Å². The average Bonchev–Trinajstić information content (AvgIpc) is 2.78. The maximum Gasteiger partial charge on any atom is 0.102 e. The Labute approximate surface area is 116 Å². The van der Waals surface area contributed by atoms with Crippen LogP contribution >= 0.6 is 11.6 Å². The molecule has 3 aromatic rings. The van der Waals surface area contributed by atoms with Crippen molar-refractivity contribution >= 4 is 22.5 Å². The van der Waals surface area contributed by atoms with Gasteiger partial charge in [0.15, 0.2) is 0 Å². The summed E-state index contributed by atoms with van der Waals surface area (Å²) < 4.78 is 0. The number of aromatic nitrogens is 1. The minimum absolute atomic E-state index is 0.703. The van der Waals surface area contributed by atoms with Crippen LogP contribution in [0.3, 0.4) is 0 Å². The summed E-state index contributed by atoms with van der Waals surface area (Å²) in [6.07, 6.45) is 0.703. The number of hydrogen-bond acceptors (Lipinski definition) is 1. The van der Waals surface area contributed by atoms with Crippen LogP contribution in [0.2, 0.25) is 5.02 Å². The van der Waals surface area contributed by atoms with Gasteiger partial charge < -0.3 is 4.98 Å². The molecular weight excluding hydrogens is 256 g/mol. The molecule has 0 amide bonds. The normalized spacial score (nSPS) is 10.5. The standard InChI is InChI=1S/C16H11ClN2/c17-12-7-5-11(6-8-12)9-16-14(10-18)13-3-1-2-4-15(13)19-16/h1-8,19H,9H2. The van der Waals surface area contributed by atoms with Crippen molar-refractivity contribution in [3.8, 4) is 6.07 Å². The van der Waals surface area contributed by atoms with Gasteiger partial charge in [-0.05, 0) is 23.8 Å². The maximum atomic E-state index is 9.34. The van der Waals surface area contributed by atoms with Gasteiger partial charge in [0.25, 0.3) is 0 Å². The molecule has 92 valence electrons. The fourth-order valence-electron chi connectivity index (χ4n) is 2.26. The second-order valence-corrected chi connectivity index (χ2v) is 4.88. The largest absolute Gasteiger partial charge is 0.357 e. The van der Waals surface area contributed by atoms with Crippen LogP contribution in [0.15, 0.2) is 48.5 Å². The van der Waals surface area contributed by atoms with Gasteiger partial charge in [-0.3, -0.25) is 0 Å². The summed E-state index contributed by atoms with van der Waals surface area (Å²) in [6, 6.07) is 17.9. The number of para-hydroxylation sites is 1. The van der Waals surface area contributed by atoms with E-state index in [-0.39, 0.29) is 0 Å². The summed E-state index contributed by atoms with van der Waals surface area (Å²) >= 11 is 5.88. The second kappa shape index (κ2) is 4.79. The Balaban J connectivity index is 2.05. The fourth-order valence-corrected chi connectivity index (χ4v) is 2.39. The van der Waals surface area contributed by atoms with Gasteiger partial charge in [-0.1, -0.05) is 41.9 Å². The predicted molar refractivity (Wildman–Crippen MR) is 77.3 cm³/mol. The van der Waals surface area contributed by atoms with Crippen LogP contribution in [-0.2, 0) is 6.42 Å². The number of halogens is 1. The Bertz CT molecular complexity index is 764. The van der Waals surface area contributed by atoms with Gasteiger partial charge in [-0.15, -0.1) is 0 Å². The van der Waals surface area contributed by atoms with Gasteiger partial charge in [0.1, 0.15) is 6.07 Å². The molecule has 0 atom stereocenters. The molecule has 0 bridgehead atoms. The first-order chi connectivity index (χ1) is 9.28. The molecule has 19 heavy (non-hydrogen) atoms. The molecule has 0 unspecified atom stereocenters. The third-order valence-electron chi connectivity index (χ3n) is 3.19. The highest BCUT2D eigenvalue weighted by atomic mass is 35.5. The number of rotatable bonds is 2. The minimum atomic E-state index is 0.703. The van der Waals surface area contributed by atoms with Gasteiger partial charge in [0, 0.05) is 28.0 Å². The fraction of sp³-hybridized carbons (Fsp3) is 0.0625. The van der Waals surface area contributed by atoms with E-state index >= 15 is 0 Å². The lowest BCUT2D eigenvalue weighted by atomic mass is 10.1. The zero-order chi connectivity index (χ0) is 13.2. The first kappa shape index (κ1) is 11.8. The Kier molecular flexibility index (Phi) is 2.98. The van der Waals surface area contributed by atoms with Crippen molar-refractivity contribution in [1.82, 2.24) is 4.98 Å². The Morgan fingerprint density at radius 1 is 1.05 bits per heavy atom. The van der Waals surface area contributed by atoms with Crippen molar-refractivity contribution in [2.24, 2.45) is 0 Å². The van der Waals surface area contributed by atoms with Crippen LogP contribution in [0.1, 0.15) is 16.8 Å². The van der Waals surface area contributed by atoms with E-state index in [9.17, 15) is 5.26 Å². The molecule has 0 radical (unpaired) electrons. The Morgan fingerprint density at radius 2 is 1.79 bits per heavy atom. The number of hydrogen-bond donors (Lipinski definition) is 1. The highest BCUT2D eigenvalue weighted by Gasteiger charge is 2.10. The van der Waals surface area contributed by atoms with Crippen LogP contribution < -0.4 is 0 Å². The molecule has 0 aliphatic rings. The highest BCUT2D eigenvalue weighted by molar-refractivity contribution is 6.30. The third kappa shape index (κ3) is 2.21. The lowest BCUT2D eigenvalue weighted by Crippen LogP contribution is -1.90. The van der Waals surface area contributed by atoms with E-state index in [1.54, 1.807) is 0 Å². The third-order valence-corrected chi connectivity index (χ3v) is 3.44. The maximum absolute atomic E-state index is 9.34. The number of H-pyrrole nitrogens is 1. The molecule has 1 aromatic heterocycles. The number of nitriles is 1. The molecule has 0 fully saturated rings. The van der Waals surface area contributed by atoms with E-state index in [1.165, 1.54) is 0 Å². The number of benzene rings is 2. The van der Waals surface area contributed by atoms with Crippen LogP contribution in [0.25, 0.3) is 10.9 Å². The topological polar surface area (TPSA) is 39.6 Å². The summed E-state index contributed by atoms with van der Waals surface area (Å²) in [5.41, 5.74) is 3.81. The van der Waals surface area contributed by atoms with Crippen molar-refractivity contribution in [3.05, 3.63) is 70.4 Å². The second-order valence-electron chi connectivity index (χ2n) is 4.44. The lowest BCUT2D eigenvalue weighted by molar-refractivity contribution is 1.11. The molecule has 0 aliphatic carbocycles. The van der Waals surface area contributed by atoms with Crippen molar-refractivity contribution < 1.29 is 0 Å². The molecule has 1 heterocycles. The summed E-state index contributed by atoms with van der Waals surface area (Å²) in [5.74, 6) is 0. The monoisotopic (exact) mass is 266 g/mol. The first-order valence-electron chi connectivity index (χ1n) is 6.02. The number of fused-ring (bicyclic) bond motifs is 1. The summed E-state index contributed by atoms with van der Waals surface area (Å²) in [5, 5.41) is 11.0. The SMILES string of the molecule is N#Cc1c(Cc2ccc(Cl)cc2)[nH]c2ccccc12. The van der Waals surface area contributed by atoms with Crippen LogP contribution in [0.4, 0.5) is 0 Å². The van der Waals surface area contributed by atoms with Gasteiger partial charge in [-0.2, -0.15) is 5.26 Å². The quantitative estimate of drug-likeness (QED) is 0.739. The van der Waals surface area contributed by atoms with Gasteiger partial charge >= 0.3 is 0 Å². The Morgan fingerprint density at radius 3 is 2.53 bits per heavy atom. The number of nitrogens with zero attached hydrogens (tertiary/aromatic N) is 1. The van der Waals surface area contributed by atoms with Crippen LogP contribution in [0, 0.1) is 11.3 Å². The molecule has 1 N–H and O–H groups in total. The predicted octanol–water partition coefficient (Wildman–Crippen LogP) is 4.28.